The maximum atomic E-state index is 12.5. The zero-order valence-corrected chi connectivity index (χ0v) is 12.6. The van der Waals surface area contributed by atoms with Gasteiger partial charge in [0.2, 0.25) is 10.0 Å². The normalized spacial score (nSPS) is 11.8. The molecule has 3 N–H and O–H groups in total. The molecule has 0 atom stereocenters. The van der Waals surface area contributed by atoms with Crippen LogP contribution in [-0.4, -0.2) is 13.4 Å². The topological polar surface area (TPSA) is 85.1 Å². The molecule has 5 nitrogen and oxygen atoms in total. The Hall–Kier alpha value is -1.96. The van der Waals surface area contributed by atoms with Gasteiger partial charge in [0.15, 0.2) is 0 Å². The van der Waals surface area contributed by atoms with Crippen LogP contribution in [-0.2, 0) is 16.6 Å². The molecule has 0 radical (unpaired) electrons. The fraction of sp³-hybridized carbons (Fsp3) is 0.0714. The minimum atomic E-state index is -3.64. The quantitative estimate of drug-likeness (QED) is 0.723. The van der Waals surface area contributed by atoms with E-state index >= 15 is 0 Å². The molecule has 0 fully saturated rings. The molecule has 2 aromatic heterocycles. The number of nitrogens with zero attached hydrogens (tertiary/aromatic N) is 1. The van der Waals surface area contributed by atoms with Gasteiger partial charge in [-0.05, 0) is 35.7 Å². The number of rotatable bonds is 4. The van der Waals surface area contributed by atoms with E-state index in [9.17, 15) is 8.42 Å². The third-order valence-electron chi connectivity index (χ3n) is 3.07. The number of benzene rings is 1. The monoisotopic (exact) mass is 319 g/mol. The van der Waals surface area contributed by atoms with Gasteiger partial charge >= 0.3 is 0 Å². The SMILES string of the molecule is Nc1ccc(S(=O)(=O)NCc2cccs2)c2ncccc12. The molecule has 0 aliphatic heterocycles. The lowest BCUT2D eigenvalue weighted by atomic mass is 10.2. The van der Waals surface area contributed by atoms with Gasteiger partial charge in [-0.25, -0.2) is 13.1 Å². The van der Waals surface area contributed by atoms with Crippen LogP contribution in [0.1, 0.15) is 4.88 Å². The highest BCUT2D eigenvalue weighted by atomic mass is 32.2. The lowest BCUT2D eigenvalue weighted by Crippen LogP contribution is -2.23. The van der Waals surface area contributed by atoms with Gasteiger partial charge < -0.3 is 5.73 Å². The van der Waals surface area contributed by atoms with Crippen LogP contribution in [0.2, 0.25) is 0 Å². The number of anilines is 1. The molecular formula is C14H13N3O2S2. The maximum Gasteiger partial charge on any atom is 0.243 e. The van der Waals surface area contributed by atoms with E-state index in [1.165, 1.54) is 17.4 Å². The second kappa shape index (κ2) is 5.44. The molecule has 7 heteroatoms. The summed E-state index contributed by atoms with van der Waals surface area (Å²) < 4.78 is 27.5. The number of nitrogens with two attached hydrogens (primary N) is 1. The van der Waals surface area contributed by atoms with E-state index in [2.05, 4.69) is 9.71 Å². The van der Waals surface area contributed by atoms with E-state index in [0.717, 1.165) is 4.88 Å². The molecule has 0 aliphatic carbocycles. The first-order chi connectivity index (χ1) is 10.1. The molecule has 3 aromatic rings. The van der Waals surface area contributed by atoms with E-state index < -0.39 is 10.0 Å². The van der Waals surface area contributed by atoms with E-state index in [0.29, 0.717) is 16.6 Å². The summed E-state index contributed by atoms with van der Waals surface area (Å²) in [5.74, 6) is 0. The molecule has 3 rings (SSSR count). The predicted octanol–water partition coefficient (Wildman–Crippen LogP) is 2.36. The first-order valence-electron chi connectivity index (χ1n) is 6.23. The minimum absolute atomic E-state index is 0.142. The third kappa shape index (κ3) is 2.76. The second-order valence-electron chi connectivity index (χ2n) is 4.46. The minimum Gasteiger partial charge on any atom is -0.398 e. The summed E-state index contributed by atoms with van der Waals surface area (Å²) in [5.41, 5.74) is 6.76. The van der Waals surface area contributed by atoms with Crippen molar-refractivity contribution in [2.45, 2.75) is 11.4 Å². The van der Waals surface area contributed by atoms with E-state index in [4.69, 9.17) is 5.73 Å². The lowest BCUT2D eigenvalue weighted by Gasteiger charge is -2.09. The molecule has 0 spiro atoms. The number of nitrogens with one attached hydrogen (secondary N) is 1. The van der Waals surface area contributed by atoms with Crippen molar-refractivity contribution in [2.24, 2.45) is 0 Å². The molecule has 0 saturated carbocycles. The van der Waals surface area contributed by atoms with Gasteiger partial charge in [0.05, 0.1) is 5.52 Å². The number of sulfonamides is 1. The van der Waals surface area contributed by atoms with Crippen LogP contribution in [0.5, 0.6) is 0 Å². The smallest absolute Gasteiger partial charge is 0.243 e. The summed E-state index contributed by atoms with van der Waals surface area (Å²) >= 11 is 1.50. The number of hydrogen-bond donors (Lipinski definition) is 2. The number of nitrogen functional groups attached to an aromatic ring is 1. The van der Waals surface area contributed by atoms with Gasteiger partial charge in [0.25, 0.3) is 0 Å². The largest absolute Gasteiger partial charge is 0.398 e. The first-order valence-corrected chi connectivity index (χ1v) is 8.59. The van der Waals surface area contributed by atoms with Gasteiger partial charge in [-0.1, -0.05) is 6.07 Å². The molecule has 2 heterocycles. The van der Waals surface area contributed by atoms with Crippen LogP contribution in [0.15, 0.2) is 52.9 Å². The molecule has 1 aromatic carbocycles. The Balaban J connectivity index is 2.01. The van der Waals surface area contributed by atoms with Crippen molar-refractivity contribution in [1.82, 2.24) is 9.71 Å². The highest BCUT2D eigenvalue weighted by Crippen LogP contribution is 2.25. The maximum absolute atomic E-state index is 12.5. The third-order valence-corrected chi connectivity index (χ3v) is 5.38. The summed E-state index contributed by atoms with van der Waals surface area (Å²) in [6.45, 7) is 0.263. The van der Waals surface area contributed by atoms with Gasteiger partial charge in [0.1, 0.15) is 4.90 Å². The summed E-state index contributed by atoms with van der Waals surface area (Å²) in [4.78, 5) is 5.25. The highest BCUT2D eigenvalue weighted by Gasteiger charge is 2.19. The summed E-state index contributed by atoms with van der Waals surface area (Å²) in [7, 11) is -3.64. The predicted molar refractivity (Wildman–Crippen MR) is 84.5 cm³/mol. The summed E-state index contributed by atoms with van der Waals surface area (Å²) in [6.07, 6.45) is 1.56. The lowest BCUT2D eigenvalue weighted by molar-refractivity contribution is 0.582. The number of fused-ring (bicyclic) bond motifs is 1. The fourth-order valence-electron chi connectivity index (χ4n) is 2.04. The Morgan fingerprint density at radius 2 is 2.05 bits per heavy atom. The van der Waals surface area contributed by atoms with Gasteiger partial charge in [-0.2, -0.15) is 0 Å². The molecule has 0 saturated heterocycles. The highest BCUT2D eigenvalue weighted by molar-refractivity contribution is 7.89. The van der Waals surface area contributed by atoms with E-state index in [1.54, 1.807) is 24.4 Å². The van der Waals surface area contributed by atoms with Crippen molar-refractivity contribution >= 4 is 38.0 Å². The Morgan fingerprint density at radius 3 is 2.81 bits per heavy atom. The molecular weight excluding hydrogens is 306 g/mol. The number of pyridine rings is 1. The molecule has 108 valence electrons. The van der Waals surface area contributed by atoms with Crippen LogP contribution in [0.25, 0.3) is 10.9 Å². The average molecular weight is 319 g/mol. The van der Waals surface area contributed by atoms with E-state index in [1.807, 2.05) is 17.5 Å². The van der Waals surface area contributed by atoms with Crippen molar-refractivity contribution in [3.05, 3.63) is 52.9 Å². The van der Waals surface area contributed by atoms with Crippen molar-refractivity contribution in [3.8, 4) is 0 Å². The van der Waals surface area contributed by atoms with Gasteiger partial charge in [-0.3, -0.25) is 4.98 Å². The van der Waals surface area contributed by atoms with E-state index in [-0.39, 0.29) is 11.4 Å². The zero-order valence-electron chi connectivity index (χ0n) is 11.0. The molecule has 0 unspecified atom stereocenters. The van der Waals surface area contributed by atoms with Crippen LogP contribution in [0.3, 0.4) is 0 Å². The Bertz CT molecular complexity index is 874. The van der Waals surface area contributed by atoms with Crippen LogP contribution < -0.4 is 10.5 Å². The molecule has 0 bridgehead atoms. The van der Waals surface area contributed by atoms with Crippen molar-refractivity contribution in [2.75, 3.05) is 5.73 Å². The van der Waals surface area contributed by atoms with Crippen molar-refractivity contribution in [1.29, 1.82) is 0 Å². The molecule has 0 amide bonds. The van der Waals surface area contributed by atoms with Crippen molar-refractivity contribution in [3.63, 3.8) is 0 Å². The number of hydrogen-bond acceptors (Lipinski definition) is 5. The average Bonchev–Trinajstić information content (AvgIpc) is 2.99. The number of aromatic nitrogens is 1. The number of thiophene rings is 1. The Kier molecular flexibility index (Phi) is 3.62. The Morgan fingerprint density at radius 1 is 1.19 bits per heavy atom. The summed E-state index contributed by atoms with van der Waals surface area (Å²) in [5, 5.41) is 2.54. The standard InChI is InChI=1S/C14H13N3O2S2/c15-12-5-6-13(14-11(12)4-1-7-16-14)21(18,19)17-9-10-3-2-8-20-10/h1-8,17H,9,15H2. The summed E-state index contributed by atoms with van der Waals surface area (Å²) in [6, 6.07) is 10.3. The fourth-order valence-corrected chi connectivity index (χ4v) is 3.94. The van der Waals surface area contributed by atoms with Gasteiger partial charge in [-0.15, -0.1) is 11.3 Å². The van der Waals surface area contributed by atoms with Crippen LogP contribution >= 0.6 is 11.3 Å². The Labute approximate surface area is 126 Å². The zero-order chi connectivity index (χ0) is 14.9. The second-order valence-corrected chi connectivity index (χ2v) is 7.22. The van der Waals surface area contributed by atoms with Crippen LogP contribution in [0.4, 0.5) is 5.69 Å². The van der Waals surface area contributed by atoms with Crippen LogP contribution in [0, 0.1) is 0 Å². The van der Waals surface area contributed by atoms with Crippen molar-refractivity contribution < 1.29 is 8.42 Å². The molecule has 21 heavy (non-hydrogen) atoms. The van der Waals surface area contributed by atoms with Gasteiger partial charge in [0, 0.05) is 28.7 Å². The molecule has 0 aliphatic rings. The first kappa shape index (κ1) is 14.0.